The highest BCUT2D eigenvalue weighted by atomic mass is 19.3. The molecular formula is C18H18F2N4O3. The summed E-state index contributed by atoms with van der Waals surface area (Å²) in [6.07, 6.45) is 3.00. The fraction of sp³-hybridized carbons (Fsp3) is 0.278. The van der Waals surface area contributed by atoms with Crippen molar-refractivity contribution in [2.24, 2.45) is 7.05 Å². The number of halogens is 2. The number of amides is 1. The zero-order valence-electron chi connectivity index (χ0n) is 15.0. The van der Waals surface area contributed by atoms with Crippen LogP contribution in [0.1, 0.15) is 21.7 Å². The lowest BCUT2D eigenvalue weighted by Gasteiger charge is -2.16. The van der Waals surface area contributed by atoms with Gasteiger partial charge in [0.2, 0.25) is 0 Å². The topological polar surface area (TPSA) is 78.3 Å². The van der Waals surface area contributed by atoms with Gasteiger partial charge < -0.3 is 19.4 Å². The monoisotopic (exact) mass is 376 g/mol. The second-order valence-corrected chi connectivity index (χ2v) is 5.78. The normalized spacial score (nSPS) is 11.0. The van der Waals surface area contributed by atoms with E-state index in [4.69, 9.17) is 4.74 Å². The molecule has 7 nitrogen and oxygen atoms in total. The summed E-state index contributed by atoms with van der Waals surface area (Å²) in [5.41, 5.74) is 2.01. The Kier molecular flexibility index (Phi) is 5.20. The second-order valence-electron chi connectivity index (χ2n) is 5.78. The highest BCUT2D eigenvalue weighted by Gasteiger charge is 2.22. The van der Waals surface area contributed by atoms with Crippen molar-refractivity contribution in [2.75, 3.05) is 7.11 Å². The Labute approximate surface area is 153 Å². The number of alkyl halides is 2. The maximum Gasteiger partial charge on any atom is 0.387 e. The average Bonchev–Trinajstić information content (AvgIpc) is 2.93. The summed E-state index contributed by atoms with van der Waals surface area (Å²) in [4.78, 5) is 20.6. The standard InChI is InChI=1S/C18H18F2N4O3/c1-10-23-13-7-14(27-18(19)20)16(26-3)12(15(13)24(10)2)9-22-17(25)11-5-4-6-21-8-11/h4-8,18H,9H2,1-3H3,(H,22,25). The summed E-state index contributed by atoms with van der Waals surface area (Å²) in [7, 11) is 3.15. The van der Waals surface area contributed by atoms with Crippen LogP contribution < -0.4 is 14.8 Å². The second kappa shape index (κ2) is 7.56. The number of carbonyl (C=O) groups excluding carboxylic acids is 1. The van der Waals surface area contributed by atoms with E-state index in [1.165, 1.54) is 19.4 Å². The van der Waals surface area contributed by atoms with E-state index in [1.807, 2.05) is 0 Å². The smallest absolute Gasteiger partial charge is 0.387 e. The number of aryl methyl sites for hydroxylation is 2. The van der Waals surface area contributed by atoms with Crippen molar-refractivity contribution in [1.82, 2.24) is 19.9 Å². The molecule has 0 aliphatic carbocycles. The van der Waals surface area contributed by atoms with Crippen molar-refractivity contribution >= 4 is 16.9 Å². The number of pyridine rings is 1. The molecule has 3 aromatic rings. The van der Waals surface area contributed by atoms with E-state index in [9.17, 15) is 13.6 Å². The van der Waals surface area contributed by atoms with Gasteiger partial charge in [0.1, 0.15) is 5.82 Å². The number of benzene rings is 1. The fourth-order valence-electron chi connectivity index (χ4n) is 2.88. The van der Waals surface area contributed by atoms with Crippen LogP contribution in [0.15, 0.2) is 30.6 Å². The van der Waals surface area contributed by atoms with Crippen LogP contribution in [0, 0.1) is 6.92 Å². The molecule has 0 aliphatic rings. The van der Waals surface area contributed by atoms with Gasteiger partial charge in [-0.15, -0.1) is 0 Å². The molecule has 0 spiro atoms. The summed E-state index contributed by atoms with van der Waals surface area (Å²) in [6, 6.07) is 4.68. The molecule has 1 amide bonds. The number of rotatable bonds is 6. The molecule has 0 radical (unpaired) electrons. The highest BCUT2D eigenvalue weighted by Crippen LogP contribution is 2.38. The molecule has 2 heterocycles. The molecule has 0 bridgehead atoms. The number of aromatic nitrogens is 3. The molecular weight excluding hydrogens is 358 g/mol. The molecule has 0 fully saturated rings. The van der Waals surface area contributed by atoms with Crippen molar-refractivity contribution in [3.05, 3.63) is 47.5 Å². The molecule has 0 unspecified atom stereocenters. The fourth-order valence-corrected chi connectivity index (χ4v) is 2.88. The zero-order chi connectivity index (χ0) is 19.6. The Morgan fingerprint density at radius 3 is 2.81 bits per heavy atom. The molecule has 9 heteroatoms. The predicted octanol–water partition coefficient (Wildman–Crippen LogP) is 2.82. The van der Waals surface area contributed by atoms with Gasteiger partial charge in [0.25, 0.3) is 5.91 Å². The summed E-state index contributed by atoms with van der Waals surface area (Å²) < 4.78 is 37.3. The van der Waals surface area contributed by atoms with E-state index in [0.717, 1.165) is 0 Å². The van der Waals surface area contributed by atoms with E-state index in [2.05, 4.69) is 20.0 Å². The molecule has 3 rings (SSSR count). The minimum absolute atomic E-state index is 0.0345. The number of methoxy groups -OCH3 is 1. The van der Waals surface area contributed by atoms with Crippen molar-refractivity contribution < 1.29 is 23.0 Å². The van der Waals surface area contributed by atoms with E-state index in [-0.39, 0.29) is 24.0 Å². The largest absolute Gasteiger partial charge is 0.492 e. The van der Waals surface area contributed by atoms with Crippen LogP contribution >= 0.6 is 0 Å². The van der Waals surface area contributed by atoms with Crippen molar-refractivity contribution in [2.45, 2.75) is 20.1 Å². The lowest BCUT2D eigenvalue weighted by molar-refractivity contribution is -0.0511. The molecule has 27 heavy (non-hydrogen) atoms. The van der Waals surface area contributed by atoms with Crippen molar-refractivity contribution in [3.63, 3.8) is 0 Å². The number of nitrogens with one attached hydrogen (secondary N) is 1. The van der Waals surface area contributed by atoms with E-state index in [0.29, 0.717) is 28.0 Å². The first-order valence-electron chi connectivity index (χ1n) is 8.08. The number of hydrogen-bond acceptors (Lipinski definition) is 5. The van der Waals surface area contributed by atoms with Crippen LogP contribution in [0.3, 0.4) is 0 Å². The SMILES string of the molecule is COc1c(OC(F)F)cc2nc(C)n(C)c2c1CNC(=O)c1cccnc1. The van der Waals surface area contributed by atoms with Gasteiger partial charge in [0, 0.05) is 37.6 Å². The Morgan fingerprint density at radius 2 is 2.19 bits per heavy atom. The summed E-state index contributed by atoms with van der Waals surface area (Å²) in [5.74, 6) is 0.319. The Morgan fingerprint density at radius 1 is 1.41 bits per heavy atom. The predicted molar refractivity (Wildman–Crippen MR) is 94.0 cm³/mol. The van der Waals surface area contributed by atoms with E-state index < -0.39 is 6.61 Å². The molecule has 2 aromatic heterocycles. The third-order valence-electron chi connectivity index (χ3n) is 4.17. The van der Waals surface area contributed by atoms with Crippen molar-refractivity contribution in [1.29, 1.82) is 0 Å². The molecule has 1 aromatic carbocycles. The quantitative estimate of drug-likeness (QED) is 0.716. The average molecular weight is 376 g/mol. The third-order valence-corrected chi connectivity index (χ3v) is 4.17. The number of ether oxygens (including phenoxy) is 2. The number of imidazole rings is 1. The van der Waals surface area contributed by atoms with Crippen LogP contribution in [0.25, 0.3) is 11.0 Å². The van der Waals surface area contributed by atoms with Gasteiger partial charge in [-0.3, -0.25) is 9.78 Å². The van der Waals surface area contributed by atoms with Gasteiger partial charge >= 0.3 is 6.61 Å². The minimum atomic E-state index is -3.01. The van der Waals surface area contributed by atoms with Gasteiger partial charge in [-0.1, -0.05) is 0 Å². The van der Waals surface area contributed by atoms with Gasteiger partial charge in [0.15, 0.2) is 11.5 Å². The zero-order valence-corrected chi connectivity index (χ0v) is 15.0. The van der Waals surface area contributed by atoms with Gasteiger partial charge in [-0.05, 0) is 19.1 Å². The number of nitrogens with zero attached hydrogens (tertiary/aromatic N) is 3. The molecule has 0 aliphatic heterocycles. The first kappa shape index (κ1) is 18.6. The van der Waals surface area contributed by atoms with Crippen molar-refractivity contribution in [3.8, 4) is 11.5 Å². The molecule has 0 atom stereocenters. The van der Waals surface area contributed by atoms with Crippen LogP contribution in [0.5, 0.6) is 11.5 Å². The summed E-state index contributed by atoms with van der Waals surface area (Å²) in [6.45, 7) is -1.19. The first-order chi connectivity index (χ1) is 12.9. The lowest BCUT2D eigenvalue weighted by atomic mass is 10.1. The van der Waals surface area contributed by atoms with Gasteiger partial charge in [-0.2, -0.15) is 8.78 Å². The first-order valence-corrected chi connectivity index (χ1v) is 8.08. The molecule has 0 saturated carbocycles. The number of fused-ring (bicyclic) bond motifs is 1. The maximum atomic E-state index is 12.8. The minimum Gasteiger partial charge on any atom is -0.492 e. The van der Waals surface area contributed by atoms with Crippen LogP contribution in [-0.4, -0.2) is 34.2 Å². The van der Waals surface area contributed by atoms with E-state index in [1.54, 1.807) is 36.9 Å². The summed E-state index contributed by atoms with van der Waals surface area (Å²) >= 11 is 0. The Bertz CT molecular complexity index is 974. The molecule has 1 N–H and O–H groups in total. The Hall–Kier alpha value is -3.23. The molecule has 0 saturated heterocycles. The van der Waals surface area contributed by atoms with Crippen LogP contribution in [0.2, 0.25) is 0 Å². The number of carbonyl (C=O) groups is 1. The lowest BCUT2D eigenvalue weighted by Crippen LogP contribution is -2.23. The summed E-state index contributed by atoms with van der Waals surface area (Å²) in [5, 5.41) is 2.76. The highest BCUT2D eigenvalue weighted by molar-refractivity contribution is 5.94. The Balaban J connectivity index is 2.04. The third kappa shape index (κ3) is 3.67. The van der Waals surface area contributed by atoms with Crippen LogP contribution in [-0.2, 0) is 13.6 Å². The maximum absolute atomic E-state index is 12.8. The van der Waals surface area contributed by atoms with Crippen LogP contribution in [0.4, 0.5) is 8.78 Å². The van der Waals surface area contributed by atoms with E-state index >= 15 is 0 Å². The van der Waals surface area contributed by atoms with Gasteiger partial charge in [0.05, 0.1) is 23.7 Å². The van der Waals surface area contributed by atoms with Gasteiger partial charge in [-0.25, -0.2) is 4.98 Å². The number of hydrogen-bond donors (Lipinski definition) is 1. The molecule has 142 valence electrons.